The Bertz CT molecular complexity index is 1110. The Hall–Kier alpha value is -3.07. The quantitative estimate of drug-likeness (QED) is 0.695. The molecule has 1 atom stereocenters. The first-order chi connectivity index (χ1) is 15.0. The Balaban J connectivity index is 1.21. The molecule has 2 aliphatic heterocycles. The molecule has 2 fully saturated rings. The van der Waals surface area contributed by atoms with Crippen molar-refractivity contribution in [1.29, 1.82) is 0 Å². The van der Waals surface area contributed by atoms with Crippen LogP contribution in [0.15, 0.2) is 30.9 Å². The number of imidazole rings is 1. The topological polar surface area (TPSA) is 78.7 Å². The molecule has 0 radical (unpaired) electrons. The van der Waals surface area contributed by atoms with Crippen LogP contribution in [0, 0.1) is 24.6 Å². The first-order valence-corrected chi connectivity index (χ1v) is 10.7. The van der Waals surface area contributed by atoms with Crippen molar-refractivity contribution in [1.82, 2.24) is 24.3 Å². The second kappa shape index (κ2) is 7.88. The molecule has 3 aromatic heterocycles. The smallest absolute Gasteiger partial charge is 0.275 e. The molecule has 0 spiro atoms. The summed E-state index contributed by atoms with van der Waals surface area (Å²) in [6, 6.07) is 1.25. The molecule has 1 unspecified atom stereocenters. The minimum absolute atomic E-state index is 0.192. The number of aromatic nitrogens is 4. The molecule has 3 aromatic rings. The Morgan fingerprint density at radius 3 is 2.74 bits per heavy atom. The Kier molecular flexibility index (Phi) is 5.05. The third-order valence-corrected chi connectivity index (χ3v) is 6.32. The van der Waals surface area contributed by atoms with Crippen molar-refractivity contribution in [3.63, 3.8) is 0 Å². The van der Waals surface area contributed by atoms with E-state index in [9.17, 15) is 9.18 Å². The summed E-state index contributed by atoms with van der Waals surface area (Å²) in [5.74, 6) is 1.32. The zero-order chi connectivity index (χ0) is 21.5. The number of carbonyl (C=O) groups is 1. The van der Waals surface area contributed by atoms with Gasteiger partial charge >= 0.3 is 0 Å². The van der Waals surface area contributed by atoms with Crippen LogP contribution in [0.25, 0.3) is 5.65 Å². The van der Waals surface area contributed by atoms with Gasteiger partial charge in [-0.15, -0.1) is 0 Å². The van der Waals surface area contributed by atoms with E-state index in [2.05, 4.69) is 37.1 Å². The molecule has 9 heteroatoms. The number of hydrogen-bond acceptors (Lipinski definition) is 6. The largest absolute Gasteiger partial charge is 0.355 e. The van der Waals surface area contributed by atoms with Crippen molar-refractivity contribution in [3.05, 3.63) is 48.1 Å². The van der Waals surface area contributed by atoms with E-state index in [1.165, 1.54) is 38.2 Å². The predicted molar refractivity (Wildman–Crippen MR) is 116 cm³/mol. The average molecular weight is 423 g/mol. The van der Waals surface area contributed by atoms with Crippen LogP contribution in [0.4, 0.5) is 15.9 Å². The number of hydrogen-bond donors (Lipinski definition) is 1. The van der Waals surface area contributed by atoms with Crippen LogP contribution >= 0.6 is 0 Å². The highest BCUT2D eigenvalue weighted by molar-refractivity contribution is 6.02. The molecule has 31 heavy (non-hydrogen) atoms. The summed E-state index contributed by atoms with van der Waals surface area (Å²) in [5.41, 5.74) is 1.46. The number of aryl methyl sites for hydroxylation is 1. The SMILES string of the molecule is Cc1cn2cc(NC(=O)c3cnc(N4CC(C5CCCN(C)C5)C4)cn3)cc(F)c2n1. The molecular weight excluding hydrogens is 397 g/mol. The van der Waals surface area contributed by atoms with E-state index < -0.39 is 11.7 Å². The maximum absolute atomic E-state index is 14.2. The summed E-state index contributed by atoms with van der Waals surface area (Å²) in [4.78, 5) is 30.0. The molecule has 2 aliphatic rings. The molecule has 0 aromatic carbocycles. The van der Waals surface area contributed by atoms with Gasteiger partial charge in [-0.05, 0) is 45.2 Å². The summed E-state index contributed by atoms with van der Waals surface area (Å²) in [5, 5.41) is 2.68. The molecule has 1 N–H and O–H groups in total. The van der Waals surface area contributed by atoms with Crippen molar-refractivity contribution in [2.24, 2.45) is 11.8 Å². The number of likely N-dealkylation sites (tertiary alicyclic amines) is 1. The van der Waals surface area contributed by atoms with E-state index in [1.54, 1.807) is 29.9 Å². The predicted octanol–water partition coefficient (Wildman–Crippen LogP) is 2.60. The van der Waals surface area contributed by atoms with Gasteiger partial charge in [0.2, 0.25) is 0 Å². The third-order valence-electron chi connectivity index (χ3n) is 6.32. The number of amides is 1. The maximum Gasteiger partial charge on any atom is 0.275 e. The number of rotatable bonds is 4. The highest BCUT2D eigenvalue weighted by Gasteiger charge is 2.35. The van der Waals surface area contributed by atoms with E-state index in [0.717, 1.165) is 24.8 Å². The fraction of sp³-hybridized carbons (Fsp3) is 0.455. The summed E-state index contributed by atoms with van der Waals surface area (Å²) in [7, 11) is 2.20. The fourth-order valence-corrected chi connectivity index (χ4v) is 4.63. The van der Waals surface area contributed by atoms with E-state index >= 15 is 0 Å². The fourth-order valence-electron chi connectivity index (χ4n) is 4.63. The molecule has 2 saturated heterocycles. The lowest BCUT2D eigenvalue weighted by Gasteiger charge is -2.46. The lowest BCUT2D eigenvalue weighted by molar-refractivity contribution is 0.102. The van der Waals surface area contributed by atoms with Gasteiger partial charge in [-0.2, -0.15) is 0 Å². The highest BCUT2D eigenvalue weighted by Crippen LogP contribution is 2.32. The number of fused-ring (bicyclic) bond motifs is 1. The van der Waals surface area contributed by atoms with E-state index in [1.807, 2.05) is 0 Å². The highest BCUT2D eigenvalue weighted by atomic mass is 19.1. The van der Waals surface area contributed by atoms with Crippen molar-refractivity contribution in [2.75, 3.05) is 43.4 Å². The second-order valence-electron chi connectivity index (χ2n) is 8.73. The maximum atomic E-state index is 14.2. The summed E-state index contributed by atoms with van der Waals surface area (Å²) >= 11 is 0. The van der Waals surface area contributed by atoms with Gasteiger partial charge in [-0.1, -0.05) is 0 Å². The molecule has 1 amide bonds. The number of halogens is 1. The Morgan fingerprint density at radius 1 is 1.16 bits per heavy atom. The molecule has 5 rings (SSSR count). The molecule has 8 nitrogen and oxygen atoms in total. The van der Waals surface area contributed by atoms with Crippen LogP contribution in [-0.2, 0) is 0 Å². The second-order valence-corrected chi connectivity index (χ2v) is 8.73. The monoisotopic (exact) mass is 423 g/mol. The van der Waals surface area contributed by atoms with Gasteiger partial charge in [0.15, 0.2) is 11.5 Å². The number of nitrogens with zero attached hydrogens (tertiary/aromatic N) is 6. The van der Waals surface area contributed by atoms with Gasteiger partial charge in [0.25, 0.3) is 5.91 Å². The molecule has 0 saturated carbocycles. The van der Waals surface area contributed by atoms with Crippen molar-refractivity contribution >= 4 is 23.1 Å². The van der Waals surface area contributed by atoms with Crippen LogP contribution in [0.1, 0.15) is 29.0 Å². The Labute approximate surface area is 180 Å². The van der Waals surface area contributed by atoms with Crippen LogP contribution in [0.2, 0.25) is 0 Å². The first-order valence-electron chi connectivity index (χ1n) is 10.7. The summed E-state index contributed by atoms with van der Waals surface area (Å²) < 4.78 is 15.8. The van der Waals surface area contributed by atoms with Crippen molar-refractivity contribution in [3.8, 4) is 0 Å². The van der Waals surface area contributed by atoms with E-state index in [4.69, 9.17) is 0 Å². The number of anilines is 2. The normalized spacial score (nSPS) is 20.1. The minimum atomic E-state index is -0.496. The van der Waals surface area contributed by atoms with Gasteiger partial charge in [0.1, 0.15) is 11.5 Å². The van der Waals surface area contributed by atoms with Gasteiger partial charge in [-0.3, -0.25) is 4.79 Å². The van der Waals surface area contributed by atoms with Gasteiger partial charge < -0.3 is 19.5 Å². The number of piperidine rings is 1. The van der Waals surface area contributed by atoms with Gasteiger partial charge in [0, 0.05) is 38.1 Å². The zero-order valence-electron chi connectivity index (χ0n) is 17.8. The van der Waals surface area contributed by atoms with Gasteiger partial charge in [-0.25, -0.2) is 19.3 Å². The van der Waals surface area contributed by atoms with Crippen LogP contribution in [0.3, 0.4) is 0 Å². The van der Waals surface area contributed by atoms with Crippen molar-refractivity contribution in [2.45, 2.75) is 19.8 Å². The van der Waals surface area contributed by atoms with E-state index in [-0.39, 0.29) is 11.3 Å². The molecule has 5 heterocycles. The Morgan fingerprint density at radius 2 is 2.00 bits per heavy atom. The molecular formula is C22H26FN7O. The van der Waals surface area contributed by atoms with Crippen LogP contribution in [0.5, 0.6) is 0 Å². The lowest BCUT2D eigenvalue weighted by atomic mass is 9.81. The summed E-state index contributed by atoms with van der Waals surface area (Å²) in [6.07, 6.45) is 9.02. The molecule has 0 bridgehead atoms. The lowest BCUT2D eigenvalue weighted by Crippen LogP contribution is -2.53. The van der Waals surface area contributed by atoms with Crippen LogP contribution in [-0.4, -0.2) is 63.4 Å². The number of carbonyl (C=O) groups excluding carboxylic acids is 1. The molecule has 0 aliphatic carbocycles. The van der Waals surface area contributed by atoms with Gasteiger partial charge in [0.05, 0.1) is 23.8 Å². The van der Waals surface area contributed by atoms with Crippen molar-refractivity contribution < 1.29 is 9.18 Å². The third kappa shape index (κ3) is 3.97. The average Bonchev–Trinajstić information content (AvgIpc) is 3.08. The van der Waals surface area contributed by atoms with Crippen LogP contribution < -0.4 is 10.2 Å². The summed E-state index contributed by atoms with van der Waals surface area (Å²) in [6.45, 7) is 6.14. The number of pyridine rings is 1. The zero-order valence-corrected chi connectivity index (χ0v) is 17.8. The first kappa shape index (κ1) is 19.9. The minimum Gasteiger partial charge on any atom is -0.355 e. The number of nitrogens with one attached hydrogen (secondary N) is 1. The molecule has 162 valence electrons. The van der Waals surface area contributed by atoms with E-state index in [0.29, 0.717) is 17.3 Å². The standard InChI is InChI=1S/C22H26FN7O/c1-14-9-30-13-17(6-18(23)21(30)26-14)27-22(31)19-7-25-20(8-24-19)29-11-16(12-29)15-4-3-5-28(2)10-15/h6-9,13,15-16H,3-5,10-12H2,1-2H3,(H,27,31).